The topological polar surface area (TPSA) is 55.5 Å². The van der Waals surface area contributed by atoms with Crippen LogP contribution in [0.1, 0.15) is 43.8 Å². The molecular weight excluding hydrogens is 295 g/mol. The Morgan fingerprint density at radius 2 is 2.00 bits per heavy atom. The van der Waals surface area contributed by atoms with Gasteiger partial charge in [-0.3, -0.25) is 0 Å². The molecule has 1 aliphatic carbocycles. The van der Waals surface area contributed by atoms with Crippen LogP contribution in [0.3, 0.4) is 0 Å². The second-order valence-corrected chi connectivity index (χ2v) is 5.89. The predicted molar refractivity (Wildman–Crippen MR) is 77.4 cm³/mol. The standard InChI is InChI=1S/C16H22F3NO2/c17-13-2-1-12(14(21)5-8-20)9-15(13)22-10-11-3-6-16(18,19)7-4-11/h1-2,9,11,14,21H,3-8,10,20H2. The predicted octanol–water partition coefficient (Wildman–Crippen LogP) is 3.41. The van der Waals surface area contributed by atoms with Crippen LogP contribution >= 0.6 is 0 Å². The summed E-state index contributed by atoms with van der Waals surface area (Å²) in [5.74, 6) is -3.04. The van der Waals surface area contributed by atoms with Gasteiger partial charge in [0.05, 0.1) is 12.7 Å². The minimum Gasteiger partial charge on any atom is -0.490 e. The lowest BCUT2D eigenvalue weighted by atomic mass is 9.87. The minimum absolute atomic E-state index is 0.0108. The van der Waals surface area contributed by atoms with Crippen LogP contribution in [0.4, 0.5) is 13.2 Å². The van der Waals surface area contributed by atoms with Crippen molar-refractivity contribution in [3.63, 3.8) is 0 Å². The fraction of sp³-hybridized carbons (Fsp3) is 0.625. The number of aliphatic hydroxyl groups excluding tert-OH is 1. The lowest BCUT2D eigenvalue weighted by Gasteiger charge is -2.28. The number of aliphatic hydroxyl groups is 1. The summed E-state index contributed by atoms with van der Waals surface area (Å²) in [4.78, 5) is 0. The van der Waals surface area contributed by atoms with E-state index in [4.69, 9.17) is 10.5 Å². The zero-order valence-electron chi connectivity index (χ0n) is 12.4. The summed E-state index contributed by atoms with van der Waals surface area (Å²) in [5.41, 5.74) is 5.93. The van der Waals surface area contributed by atoms with Crippen LogP contribution in [0.15, 0.2) is 18.2 Å². The average molecular weight is 317 g/mol. The summed E-state index contributed by atoms with van der Waals surface area (Å²) in [5, 5.41) is 9.87. The Morgan fingerprint density at radius 3 is 2.64 bits per heavy atom. The third-order valence-electron chi connectivity index (χ3n) is 4.09. The van der Waals surface area contributed by atoms with Crippen molar-refractivity contribution >= 4 is 0 Å². The fourth-order valence-electron chi connectivity index (χ4n) is 2.64. The highest BCUT2D eigenvalue weighted by atomic mass is 19.3. The number of alkyl halides is 2. The van der Waals surface area contributed by atoms with Gasteiger partial charge in [-0.25, -0.2) is 13.2 Å². The molecule has 0 aliphatic heterocycles. The van der Waals surface area contributed by atoms with E-state index >= 15 is 0 Å². The van der Waals surface area contributed by atoms with Gasteiger partial charge in [0.2, 0.25) is 5.92 Å². The van der Waals surface area contributed by atoms with E-state index in [0.29, 0.717) is 31.4 Å². The van der Waals surface area contributed by atoms with Crippen LogP contribution in [0.5, 0.6) is 5.75 Å². The minimum atomic E-state index is -2.58. The van der Waals surface area contributed by atoms with E-state index in [-0.39, 0.29) is 31.1 Å². The molecule has 22 heavy (non-hydrogen) atoms. The van der Waals surface area contributed by atoms with Gasteiger partial charge >= 0.3 is 0 Å². The Kier molecular flexibility index (Phi) is 5.69. The summed E-state index contributed by atoms with van der Waals surface area (Å²) in [6.45, 7) is 0.536. The largest absolute Gasteiger partial charge is 0.490 e. The van der Waals surface area contributed by atoms with E-state index < -0.39 is 17.8 Å². The van der Waals surface area contributed by atoms with Crippen LogP contribution in [-0.4, -0.2) is 24.2 Å². The molecule has 0 spiro atoms. The van der Waals surface area contributed by atoms with Crippen LogP contribution in [-0.2, 0) is 0 Å². The molecule has 1 aromatic carbocycles. The summed E-state index contributed by atoms with van der Waals surface area (Å²) in [6.07, 6.45) is 0.0930. The van der Waals surface area contributed by atoms with E-state index in [1.807, 2.05) is 0 Å². The molecule has 3 N–H and O–H groups in total. The van der Waals surface area contributed by atoms with E-state index in [9.17, 15) is 18.3 Å². The van der Waals surface area contributed by atoms with Gasteiger partial charge in [-0.05, 0) is 49.4 Å². The number of hydrogen-bond donors (Lipinski definition) is 2. The Bertz CT molecular complexity index is 486. The molecule has 1 atom stereocenters. The molecule has 1 unspecified atom stereocenters. The van der Waals surface area contributed by atoms with Crippen molar-refractivity contribution in [1.29, 1.82) is 0 Å². The number of halogens is 3. The molecule has 1 aromatic rings. The molecule has 2 rings (SSSR count). The second kappa shape index (κ2) is 7.33. The molecule has 0 radical (unpaired) electrons. The summed E-state index contributed by atoms with van der Waals surface area (Å²) in [6, 6.07) is 4.18. The molecule has 0 amide bonds. The van der Waals surface area contributed by atoms with Crippen molar-refractivity contribution in [3.8, 4) is 5.75 Å². The molecule has 0 bridgehead atoms. The highest BCUT2D eigenvalue weighted by molar-refractivity contribution is 5.31. The maximum atomic E-state index is 13.7. The van der Waals surface area contributed by atoms with Crippen LogP contribution in [0.25, 0.3) is 0 Å². The first kappa shape index (κ1) is 17.1. The summed E-state index contributed by atoms with van der Waals surface area (Å²) >= 11 is 0. The first-order valence-electron chi connectivity index (χ1n) is 7.59. The molecule has 0 heterocycles. The average Bonchev–Trinajstić information content (AvgIpc) is 2.48. The second-order valence-electron chi connectivity index (χ2n) is 5.89. The third kappa shape index (κ3) is 4.61. The maximum Gasteiger partial charge on any atom is 0.248 e. The number of hydrogen-bond acceptors (Lipinski definition) is 3. The quantitative estimate of drug-likeness (QED) is 0.845. The first-order chi connectivity index (χ1) is 10.4. The zero-order chi connectivity index (χ0) is 16.2. The van der Waals surface area contributed by atoms with Gasteiger partial charge in [0.15, 0.2) is 11.6 Å². The number of rotatable bonds is 6. The monoisotopic (exact) mass is 317 g/mol. The van der Waals surface area contributed by atoms with Crippen LogP contribution < -0.4 is 10.5 Å². The smallest absolute Gasteiger partial charge is 0.248 e. The van der Waals surface area contributed by atoms with Crippen molar-refractivity contribution in [2.24, 2.45) is 11.7 Å². The lowest BCUT2D eigenvalue weighted by Crippen LogP contribution is -2.27. The summed E-state index contributed by atoms with van der Waals surface area (Å²) in [7, 11) is 0. The Hall–Kier alpha value is -1.27. The van der Waals surface area contributed by atoms with Crippen molar-refractivity contribution < 1.29 is 23.0 Å². The molecule has 0 saturated heterocycles. The number of benzene rings is 1. The number of ether oxygens (including phenoxy) is 1. The molecule has 0 aromatic heterocycles. The van der Waals surface area contributed by atoms with Crippen molar-refractivity contribution in [1.82, 2.24) is 0 Å². The van der Waals surface area contributed by atoms with Gasteiger partial charge in [0.1, 0.15) is 0 Å². The molecule has 6 heteroatoms. The molecule has 1 saturated carbocycles. The maximum absolute atomic E-state index is 13.7. The highest BCUT2D eigenvalue weighted by Gasteiger charge is 2.35. The first-order valence-corrected chi connectivity index (χ1v) is 7.59. The van der Waals surface area contributed by atoms with Gasteiger partial charge in [-0.1, -0.05) is 6.07 Å². The van der Waals surface area contributed by atoms with Crippen molar-refractivity contribution in [2.45, 2.75) is 44.1 Å². The van der Waals surface area contributed by atoms with Gasteiger partial charge in [-0.2, -0.15) is 0 Å². The normalized spacial score (nSPS) is 19.9. The van der Waals surface area contributed by atoms with Gasteiger partial charge in [0, 0.05) is 12.8 Å². The van der Waals surface area contributed by atoms with Crippen LogP contribution in [0, 0.1) is 11.7 Å². The fourth-order valence-corrected chi connectivity index (χ4v) is 2.64. The van der Waals surface area contributed by atoms with Crippen molar-refractivity contribution in [2.75, 3.05) is 13.2 Å². The Balaban J connectivity index is 1.93. The molecule has 1 aliphatic rings. The van der Waals surface area contributed by atoms with E-state index in [0.717, 1.165) is 0 Å². The van der Waals surface area contributed by atoms with E-state index in [1.165, 1.54) is 18.2 Å². The molecule has 124 valence electrons. The van der Waals surface area contributed by atoms with Crippen molar-refractivity contribution in [3.05, 3.63) is 29.6 Å². The molecule has 1 fully saturated rings. The van der Waals surface area contributed by atoms with Gasteiger partial charge in [0.25, 0.3) is 0 Å². The number of nitrogens with two attached hydrogens (primary N) is 1. The third-order valence-corrected chi connectivity index (χ3v) is 4.09. The lowest BCUT2D eigenvalue weighted by molar-refractivity contribution is -0.0499. The highest BCUT2D eigenvalue weighted by Crippen LogP contribution is 2.36. The molecule has 3 nitrogen and oxygen atoms in total. The summed E-state index contributed by atoms with van der Waals surface area (Å²) < 4.78 is 45.4. The van der Waals surface area contributed by atoms with Crippen LogP contribution in [0.2, 0.25) is 0 Å². The zero-order valence-corrected chi connectivity index (χ0v) is 12.4. The van der Waals surface area contributed by atoms with E-state index in [1.54, 1.807) is 0 Å². The molecular formula is C16H22F3NO2. The van der Waals surface area contributed by atoms with E-state index in [2.05, 4.69) is 0 Å². The SMILES string of the molecule is NCCC(O)c1ccc(F)c(OCC2CCC(F)(F)CC2)c1. The Morgan fingerprint density at radius 1 is 1.32 bits per heavy atom. The Labute approximate surface area is 128 Å². The van der Waals surface area contributed by atoms with Gasteiger partial charge in [-0.15, -0.1) is 0 Å². The van der Waals surface area contributed by atoms with Gasteiger partial charge < -0.3 is 15.6 Å².